The summed E-state index contributed by atoms with van der Waals surface area (Å²) in [7, 11) is 0. The normalized spacial score (nSPS) is 12.1. The lowest BCUT2D eigenvalue weighted by molar-refractivity contribution is -0.131. The van der Waals surface area contributed by atoms with Gasteiger partial charge in [0, 0.05) is 25.4 Å². The lowest BCUT2D eigenvalue weighted by Crippen LogP contribution is -2.31. The molecule has 0 bridgehead atoms. The van der Waals surface area contributed by atoms with Gasteiger partial charge in [0.1, 0.15) is 11.6 Å². The van der Waals surface area contributed by atoms with Crippen molar-refractivity contribution in [1.29, 1.82) is 0 Å². The molecule has 140 valence electrons. The molecule has 0 radical (unpaired) electrons. The topological polar surface area (TPSA) is 29.5 Å². The Morgan fingerprint density at radius 3 is 1.92 bits per heavy atom. The van der Waals surface area contributed by atoms with Gasteiger partial charge in [-0.05, 0) is 63.1 Å². The van der Waals surface area contributed by atoms with Crippen LogP contribution in [0.3, 0.4) is 0 Å². The van der Waals surface area contributed by atoms with E-state index in [0.29, 0.717) is 19.5 Å². The van der Waals surface area contributed by atoms with Crippen LogP contribution in [-0.2, 0) is 4.79 Å². The van der Waals surface area contributed by atoms with Crippen LogP contribution in [0.25, 0.3) is 0 Å². The highest BCUT2D eigenvalue weighted by molar-refractivity contribution is 5.77. The van der Waals surface area contributed by atoms with Crippen molar-refractivity contribution >= 4 is 5.91 Å². The van der Waals surface area contributed by atoms with Crippen molar-refractivity contribution in [2.45, 2.75) is 46.1 Å². The highest BCUT2D eigenvalue weighted by Gasteiger charge is 2.21. The van der Waals surface area contributed by atoms with Crippen LogP contribution in [0.5, 0.6) is 5.75 Å². The van der Waals surface area contributed by atoms with E-state index in [0.717, 1.165) is 16.9 Å². The van der Waals surface area contributed by atoms with E-state index in [1.54, 1.807) is 12.1 Å². The van der Waals surface area contributed by atoms with Gasteiger partial charge in [-0.1, -0.05) is 24.3 Å². The molecule has 0 aliphatic heterocycles. The molecule has 2 rings (SSSR count). The number of hydrogen-bond acceptors (Lipinski definition) is 2. The summed E-state index contributed by atoms with van der Waals surface area (Å²) in [5, 5.41) is 0. The predicted molar refractivity (Wildman–Crippen MR) is 103 cm³/mol. The first kappa shape index (κ1) is 20.0. The van der Waals surface area contributed by atoms with E-state index >= 15 is 0 Å². The fourth-order valence-corrected chi connectivity index (χ4v) is 3.05. The summed E-state index contributed by atoms with van der Waals surface area (Å²) in [6.45, 7) is 9.30. The Kier molecular flexibility index (Phi) is 7.19. The second-order valence-corrected chi connectivity index (χ2v) is 6.61. The molecule has 0 N–H and O–H groups in total. The average molecular weight is 357 g/mol. The smallest absolute Gasteiger partial charge is 0.223 e. The molecular formula is C22H28FNO2. The first-order valence-electron chi connectivity index (χ1n) is 9.24. The zero-order valence-corrected chi connectivity index (χ0v) is 16.0. The van der Waals surface area contributed by atoms with E-state index in [4.69, 9.17) is 4.74 Å². The van der Waals surface area contributed by atoms with E-state index in [-0.39, 0.29) is 23.7 Å². The molecule has 0 saturated heterocycles. The first-order chi connectivity index (χ1) is 12.4. The molecule has 3 nitrogen and oxygen atoms in total. The van der Waals surface area contributed by atoms with Gasteiger partial charge < -0.3 is 9.64 Å². The third-order valence-electron chi connectivity index (χ3n) is 4.42. The van der Waals surface area contributed by atoms with E-state index in [1.165, 1.54) is 12.1 Å². The molecule has 2 aromatic carbocycles. The van der Waals surface area contributed by atoms with E-state index in [9.17, 15) is 9.18 Å². The lowest BCUT2D eigenvalue weighted by Gasteiger charge is -2.24. The predicted octanol–water partition coefficient (Wildman–Crippen LogP) is 5.00. The molecule has 0 heterocycles. The van der Waals surface area contributed by atoms with Gasteiger partial charge in [-0.2, -0.15) is 0 Å². The zero-order valence-electron chi connectivity index (χ0n) is 16.0. The molecule has 0 aromatic heterocycles. The van der Waals surface area contributed by atoms with Crippen molar-refractivity contribution in [1.82, 2.24) is 4.90 Å². The molecule has 0 spiro atoms. The van der Waals surface area contributed by atoms with Gasteiger partial charge in [0.15, 0.2) is 0 Å². The van der Waals surface area contributed by atoms with Crippen LogP contribution in [0.2, 0.25) is 0 Å². The Hall–Kier alpha value is -2.36. The van der Waals surface area contributed by atoms with Gasteiger partial charge in [-0.25, -0.2) is 4.39 Å². The maximum Gasteiger partial charge on any atom is 0.223 e. The number of carbonyl (C=O) groups is 1. The van der Waals surface area contributed by atoms with Gasteiger partial charge in [0.2, 0.25) is 5.91 Å². The number of hydrogen-bond donors (Lipinski definition) is 0. The molecule has 1 unspecified atom stereocenters. The van der Waals surface area contributed by atoms with Crippen molar-refractivity contribution in [2.24, 2.45) is 0 Å². The third-order valence-corrected chi connectivity index (χ3v) is 4.42. The van der Waals surface area contributed by atoms with Gasteiger partial charge in [-0.15, -0.1) is 0 Å². The molecule has 0 aliphatic carbocycles. The highest BCUT2D eigenvalue weighted by atomic mass is 19.1. The van der Waals surface area contributed by atoms with Crippen molar-refractivity contribution in [2.75, 3.05) is 13.1 Å². The number of benzene rings is 2. The van der Waals surface area contributed by atoms with Gasteiger partial charge in [0.25, 0.3) is 0 Å². The van der Waals surface area contributed by atoms with Crippen LogP contribution >= 0.6 is 0 Å². The van der Waals surface area contributed by atoms with Crippen molar-refractivity contribution in [3.63, 3.8) is 0 Å². The minimum atomic E-state index is -0.275. The molecule has 1 atom stereocenters. The summed E-state index contributed by atoms with van der Waals surface area (Å²) in [5.41, 5.74) is 1.96. The van der Waals surface area contributed by atoms with Crippen LogP contribution in [0.15, 0.2) is 48.5 Å². The Bertz CT molecular complexity index is 691. The molecular weight excluding hydrogens is 329 g/mol. The van der Waals surface area contributed by atoms with E-state index in [1.807, 2.05) is 56.9 Å². The van der Waals surface area contributed by atoms with Crippen LogP contribution in [0.1, 0.15) is 51.2 Å². The maximum absolute atomic E-state index is 13.3. The lowest BCUT2D eigenvalue weighted by atomic mass is 9.88. The number of carbonyl (C=O) groups excluding carboxylic acids is 1. The summed E-state index contributed by atoms with van der Waals surface area (Å²) in [4.78, 5) is 14.5. The number of ether oxygens (including phenoxy) is 1. The molecule has 0 fully saturated rings. The fourth-order valence-electron chi connectivity index (χ4n) is 3.05. The summed E-state index contributed by atoms with van der Waals surface area (Å²) in [6.07, 6.45) is 0.468. The first-order valence-corrected chi connectivity index (χ1v) is 9.24. The largest absolute Gasteiger partial charge is 0.491 e. The standard InChI is InChI=1S/C22H28FNO2/c1-5-24(6-2)22(25)15-21(17-7-11-19(23)12-8-17)18-9-13-20(14-10-18)26-16(3)4/h7-14,16,21H,5-6,15H2,1-4H3. The van der Waals surface area contributed by atoms with Crippen LogP contribution in [-0.4, -0.2) is 30.0 Å². The Morgan fingerprint density at radius 1 is 0.962 bits per heavy atom. The molecule has 0 saturated carbocycles. The number of halogens is 1. The minimum absolute atomic E-state index is 0.104. The Balaban J connectivity index is 2.30. The van der Waals surface area contributed by atoms with Crippen molar-refractivity contribution < 1.29 is 13.9 Å². The van der Waals surface area contributed by atoms with Crippen LogP contribution in [0, 0.1) is 5.82 Å². The molecule has 0 aliphatic rings. The molecule has 4 heteroatoms. The summed E-state index contributed by atoms with van der Waals surface area (Å²) < 4.78 is 19.0. The zero-order chi connectivity index (χ0) is 19.1. The second kappa shape index (κ2) is 9.37. The number of rotatable bonds is 8. The summed E-state index contributed by atoms with van der Waals surface area (Å²) >= 11 is 0. The Labute approximate surface area is 155 Å². The van der Waals surface area contributed by atoms with Crippen LogP contribution < -0.4 is 4.74 Å². The van der Waals surface area contributed by atoms with Gasteiger partial charge in [0.05, 0.1) is 6.10 Å². The van der Waals surface area contributed by atoms with E-state index < -0.39 is 0 Å². The number of nitrogens with zero attached hydrogens (tertiary/aromatic N) is 1. The van der Waals surface area contributed by atoms with E-state index in [2.05, 4.69) is 0 Å². The molecule has 2 aromatic rings. The second-order valence-electron chi connectivity index (χ2n) is 6.61. The summed E-state index contributed by atoms with van der Waals surface area (Å²) in [6, 6.07) is 14.2. The Morgan fingerprint density at radius 2 is 1.46 bits per heavy atom. The SMILES string of the molecule is CCN(CC)C(=O)CC(c1ccc(F)cc1)c1ccc(OC(C)C)cc1. The fraction of sp³-hybridized carbons (Fsp3) is 0.409. The maximum atomic E-state index is 13.3. The number of amides is 1. The van der Waals surface area contributed by atoms with Crippen LogP contribution in [0.4, 0.5) is 4.39 Å². The molecule has 1 amide bonds. The average Bonchev–Trinajstić information content (AvgIpc) is 2.62. The van der Waals surface area contributed by atoms with Crippen molar-refractivity contribution in [3.8, 4) is 5.75 Å². The quantitative estimate of drug-likeness (QED) is 0.665. The third kappa shape index (κ3) is 5.32. The minimum Gasteiger partial charge on any atom is -0.491 e. The van der Waals surface area contributed by atoms with Crippen molar-refractivity contribution in [3.05, 3.63) is 65.5 Å². The highest BCUT2D eigenvalue weighted by Crippen LogP contribution is 2.30. The van der Waals surface area contributed by atoms with Gasteiger partial charge in [-0.3, -0.25) is 4.79 Å². The van der Waals surface area contributed by atoms with Gasteiger partial charge >= 0.3 is 0 Å². The summed E-state index contributed by atoms with van der Waals surface area (Å²) in [5.74, 6) is 0.517. The monoisotopic (exact) mass is 357 g/mol. The molecule has 26 heavy (non-hydrogen) atoms.